The van der Waals surface area contributed by atoms with E-state index in [1.54, 1.807) is 12.1 Å². The van der Waals surface area contributed by atoms with Crippen LogP contribution in [0.4, 0.5) is 4.39 Å². The summed E-state index contributed by atoms with van der Waals surface area (Å²) in [5, 5.41) is 20.8. The van der Waals surface area contributed by atoms with Crippen molar-refractivity contribution in [2.24, 2.45) is 0 Å². The number of aromatic amines is 1. The van der Waals surface area contributed by atoms with Gasteiger partial charge in [0.1, 0.15) is 10.6 Å². The molecule has 0 unspecified atom stereocenters. The number of nitrogens with zero attached hydrogens (tertiary/aromatic N) is 3. The van der Waals surface area contributed by atoms with Crippen molar-refractivity contribution in [3.63, 3.8) is 0 Å². The molecular formula is C23H22FN5O4S. The number of thiophene rings is 1. The SMILES string of the molecule is Fc1ccc(-c2nnc(C3CCNCC3)o2)cc1.O=C(O)c1nc2sc3c(c2c(=O)[nH]1)CCC3. The smallest absolute Gasteiger partial charge is 0.372 e. The second-order valence-corrected chi connectivity index (χ2v) is 9.32. The molecule has 1 saturated heterocycles. The molecule has 1 aliphatic heterocycles. The second kappa shape index (κ2) is 9.43. The summed E-state index contributed by atoms with van der Waals surface area (Å²) in [5.41, 5.74) is 1.48. The lowest BCUT2D eigenvalue weighted by molar-refractivity contribution is 0.0683. The van der Waals surface area contributed by atoms with Gasteiger partial charge in [0.15, 0.2) is 0 Å². The fraction of sp³-hybridized carbons (Fsp3) is 0.348. The Hall–Kier alpha value is -3.44. The number of H-pyrrole nitrogens is 1. The molecule has 0 radical (unpaired) electrons. The number of carboxylic acids is 1. The number of halogens is 1. The summed E-state index contributed by atoms with van der Waals surface area (Å²) >= 11 is 1.44. The number of carboxylic acid groups (broad SMARTS) is 1. The summed E-state index contributed by atoms with van der Waals surface area (Å²) < 4.78 is 18.5. The highest BCUT2D eigenvalue weighted by Crippen LogP contribution is 2.34. The van der Waals surface area contributed by atoms with Crippen molar-refractivity contribution in [3.8, 4) is 11.5 Å². The van der Waals surface area contributed by atoms with Gasteiger partial charge in [0.05, 0.1) is 5.39 Å². The van der Waals surface area contributed by atoms with Gasteiger partial charge in [-0.05, 0) is 75.0 Å². The molecule has 176 valence electrons. The molecule has 11 heteroatoms. The normalized spacial score (nSPS) is 15.7. The van der Waals surface area contributed by atoms with Crippen LogP contribution in [0, 0.1) is 5.82 Å². The molecule has 1 aromatic carbocycles. The van der Waals surface area contributed by atoms with E-state index in [0.717, 1.165) is 56.3 Å². The Morgan fingerprint density at radius 1 is 1.15 bits per heavy atom. The molecule has 6 rings (SSSR count). The number of aromatic nitrogens is 4. The van der Waals surface area contributed by atoms with Crippen molar-refractivity contribution in [2.45, 2.75) is 38.0 Å². The van der Waals surface area contributed by atoms with Crippen LogP contribution in [0.5, 0.6) is 0 Å². The van der Waals surface area contributed by atoms with E-state index in [1.807, 2.05) is 0 Å². The number of fused-ring (bicyclic) bond motifs is 3. The molecule has 1 aliphatic carbocycles. The lowest BCUT2D eigenvalue weighted by Crippen LogP contribution is -2.26. The van der Waals surface area contributed by atoms with Crippen LogP contribution in [0.1, 0.15) is 52.1 Å². The number of rotatable bonds is 3. The Morgan fingerprint density at radius 2 is 1.91 bits per heavy atom. The summed E-state index contributed by atoms with van der Waals surface area (Å²) in [5.74, 6) is -0.255. The maximum absolute atomic E-state index is 12.8. The second-order valence-electron chi connectivity index (χ2n) is 8.23. The van der Waals surface area contributed by atoms with E-state index in [2.05, 4.69) is 25.5 Å². The third-order valence-corrected chi connectivity index (χ3v) is 7.18. The highest BCUT2D eigenvalue weighted by molar-refractivity contribution is 7.18. The molecule has 0 spiro atoms. The quantitative estimate of drug-likeness (QED) is 0.403. The van der Waals surface area contributed by atoms with E-state index in [9.17, 15) is 14.0 Å². The minimum atomic E-state index is -1.20. The van der Waals surface area contributed by atoms with Crippen LogP contribution in [-0.2, 0) is 12.8 Å². The van der Waals surface area contributed by atoms with Crippen LogP contribution in [0.2, 0.25) is 0 Å². The minimum absolute atomic E-state index is 0.267. The molecule has 3 N–H and O–H groups in total. The van der Waals surface area contributed by atoms with E-state index >= 15 is 0 Å². The number of carbonyl (C=O) groups is 1. The zero-order chi connectivity index (χ0) is 23.7. The van der Waals surface area contributed by atoms with E-state index in [4.69, 9.17) is 9.52 Å². The van der Waals surface area contributed by atoms with Gasteiger partial charge in [-0.25, -0.2) is 14.2 Å². The molecule has 0 amide bonds. The number of nitrogens with one attached hydrogen (secondary N) is 2. The molecule has 4 heterocycles. The van der Waals surface area contributed by atoms with Gasteiger partial charge in [0.2, 0.25) is 17.6 Å². The number of aryl methyl sites for hydroxylation is 2. The highest BCUT2D eigenvalue weighted by Gasteiger charge is 2.23. The molecule has 0 saturated carbocycles. The number of hydrogen-bond acceptors (Lipinski definition) is 8. The van der Waals surface area contributed by atoms with Crippen LogP contribution in [0.3, 0.4) is 0 Å². The Labute approximate surface area is 197 Å². The Kier molecular flexibility index (Phi) is 6.20. The molecule has 9 nitrogen and oxygen atoms in total. The predicted molar refractivity (Wildman–Crippen MR) is 124 cm³/mol. The van der Waals surface area contributed by atoms with Crippen LogP contribution >= 0.6 is 11.3 Å². The van der Waals surface area contributed by atoms with Gasteiger partial charge in [0, 0.05) is 16.4 Å². The summed E-state index contributed by atoms with van der Waals surface area (Å²) in [6.45, 7) is 1.97. The monoisotopic (exact) mass is 483 g/mol. The van der Waals surface area contributed by atoms with Gasteiger partial charge in [-0.3, -0.25) is 4.79 Å². The van der Waals surface area contributed by atoms with Gasteiger partial charge in [0.25, 0.3) is 5.56 Å². The lowest BCUT2D eigenvalue weighted by Gasteiger charge is -2.18. The van der Waals surface area contributed by atoms with Crippen LogP contribution in [0.15, 0.2) is 33.5 Å². The highest BCUT2D eigenvalue weighted by atomic mass is 32.1. The average molecular weight is 484 g/mol. The van der Waals surface area contributed by atoms with Crippen molar-refractivity contribution in [1.29, 1.82) is 0 Å². The predicted octanol–water partition coefficient (Wildman–Crippen LogP) is 3.51. The summed E-state index contributed by atoms with van der Waals surface area (Å²) in [6.07, 6.45) is 4.97. The topological polar surface area (TPSA) is 134 Å². The first-order chi connectivity index (χ1) is 16.5. The first-order valence-electron chi connectivity index (χ1n) is 11.1. The third kappa shape index (κ3) is 4.48. The minimum Gasteiger partial charge on any atom is -0.475 e. The standard InChI is InChI=1S/C13H14FN3O.C10H8N2O3S/c14-11-3-1-9(2-4-11)12-16-17-13(18-12)10-5-7-15-8-6-10;13-8-6-4-2-1-3-5(4)16-9(6)12-7(11-8)10(14)15/h1-4,10,15H,5-8H2;1-3H2,(H,14,15)(H,11,12,13). The number of aromatic carboxylic acids is 1. The molecular weight excluding hydrogens is 461 g/mol. The maximum atomic E-state index is 12.8. The van der Waals surface area contributed by atoms with Gasteiger partial charge in [-0.15, -0.1) is 21.5 Å². The largest absolute Gasteiger partial charge is 0.475 e. The molecule has 0 bridgehead atoms. The molecule has 34 heavy (non-hydrogen) atoms. The van der Waals surface area contributed by atoms with Crippen LogP contribution in [0.25, 0.3) is 21.7 Å². The van der Waals surface area contributed by atoms with E-state index in [-0.39, 0.29) is 17.2 Å². The van der Waals surface area contributed by atoms with E-state index < -0.39 is 5.97 Å². The van der Waals surface area contributed by atoms with Crippen molar-refractivity contribution in [3.05, 3.63) is 62.6 Å². The van der Waals surface area contributed by atoms with Gasteiger partial charge in [-0.2, -0.15) is 0 Å². The van der Waals surface area contributed by atoms with Crippen LogP contribution in [-0.4, -0.2) is 44.3 Å². The van der Waals surface area contributed by atoms with Crippen molar-refractivity contribution in [2.75, 3.05) is 13.1 Å². The summed E-state index contributed by atoms with van der Waals surface area (Å²) in [7, 11) is 0. The lowest BCUT2D eigenvalue weighted by atomic mass is 9.98. The maximum Gasteiger partial charge on any atom is 0.372 e. The number of piperidine rings is 1. The third-order valence-electron chi connectivity index (χ3n) is 6.00. The van der Waals surface area contributed by atoms with Gasteiger partial charge in [-0.1, -0.05) is 0 Å². The van der Waals surface area contributed by atoms with Gasteiger partial charge >= 0.3 is 5.97 Å². The average Bonchev–Trinajstić information content (AvgIpc) is 3.57. The Bertz CT molecular complexity index is 1390. The molecule has 2 aliphatic rings. The zero-order valence-corrected chi connectivity index (χ0v) is 19.0. The zero-order valence-electron chi connectivity index (χ0n) is 18.1. The first kappa shape index (κ1) is 22.4. The molecule has 4 aromatic rings. The molecule has 3 aromatic heterocycles. The molecule has 0 atom stereocenters. The van der Waals surface area contributed by atoms with Crippen molar-refractivity contribution in [1.82, 2.24) is 25.5 Å². The first-order valence-corrected chi connectivity index (χ1v) is 11.9. The van der Waals surface area contributed by atoms with E-state index in [1.165, 1.54) is 28.3 Å². The van der Waals surface area contributed by atoms with Crippen LogP contribution < -0.4 is 10.9 Å². The van der Waals surface area contributed by atoms with Crippen molar-refractivity contribution >= 4 is 27.5 Å². The van der Waals surface area contributed by atoms with E-state index in [0.29, 0.717) is 27.9 Å². The van der Waals surface area contributed by atoms with Gasteiger partial charge < -0.3 is 19.8 Å². The summed E-state index contributed by atoms with van der Waals surface area (Å²) in [6, 6.07) is 6.08. The number of hydrogen-bond donors (Lipinski definition) is 3. The van der Waals surface area contributed by atoms with Crippen molar-refractivity contribution < 1.29 is 18.7 Å². The molecule has 1 fully saturated rings. The fourth-order valence-electron chi connectivity index (χ4n) is 4.28. The Morgan fingerprint density at radius 3 is 2.65 bits per heavy atom. The fourth-order valence-corrected chi connectivity index (χ4v) is 5.54. The number of benzene rings is 1. The Balaban J connectivity index is 0.000000142. The summed E-state index contributed by atoms with van der Waals surface area (Å²) in [4.78, 5) is 30.5.